The SMILES string of the molecule is C/C(C#Cc1ccccc1)=N\Nc1ccccc1. The molecule has 0 aliphatic carbocycles. The molecule has 0 saturated carbocycles. The molecule has 0 saturated heterocycles. The van der Waals surface area contributed by atoms with Gasteiger partial charge in [0, 0.05) is 5.56 Å². The highest BCUT2D eigenvalue weighted by atomic mass is 15.3. The summed E-state index contributed by atoms with van der Waals surface area (Å²) in [6.07, 6.45) is 0. The molecule has 0 bridgehead atoms. The molecule has 0 unspecified atom stereocenters. The van der Waals surface area contributed by atoms with Gasteiger partial charge in [0.05, 0.1) is 5.69 Å². The summed E-state index contributed by atoms with van der Waals surface area (Å²) in [4.78, 5) is 0. The second kappa shape index (κ2) is 6.27. The predicted octanol–water partition coefficient (Wildman–Crippen LogP) is 3.53. The van der Waals surface area contributed by atoms with Gasteiger partial charge in [-0.3, -0.25) is 5.43 Å². The maximum atomic E-state index is 4.20. The largest absolute Gasteiger partial charge is 0.278 e. The van der Waals surface area contributed by atoms with Crippen LogP contribution in [0.25, 0.3) is 0 Å². The Morgan fingerprint density at radius 2 is 1.56 bits per heavy atom. The van der Waals surface area contributed by atoms with Crippen molar-refractivity contribution in [2.24, 2.45) is 5.10 Å². The van der Waals surface area contributed by atoms with Crippen LogP contribution in [0.4, 0.5) is 5.69 Å². The normalized spacial score (nSPS) is 10.4. The zero-order valence-electron chi connectivity index (χ0n) is 10.2. The number of nitrogens with zero attached hydrogens (tertiary/aromatic N) is 1. The molecule has 0 spiro atoms. The number of hydrogen-bond donors (Lipinski definition) is 1. The van der Waals surface area contributed by atoms with Gasteiger partial charge in [0.15, 0.2) is 0 Å². The summed E-state index contributed by atoms with van der Waals surface area (Å²) >= 11 is 0. The number of hydrazone groups is 1. The van der Waals surface area contributed by atoms with Crippen molar-refractivity contribution >= 4 is 11.4 Å². The fraction of sp³-hybridized carbons (Fsp3) is 0.0625. The first kappa shape index (κ1) is 11.9. The molecule has 0 aromatic heterocycles. The fourth-order valence-electron chi connectivity index (χ4n) is 1.37. The molecule has 2 nitrogen and oxygen atoms in total. The van der Waals surface area contributed by atoms with Crippen LogP contribution in [0.1, 0.15) is 12.5 Å². The lowest BCUT2D eigenvalue weighted by molar-refractivity contribution is 1.33. The van der Waals surface area contributed by atoms with E-state index in [9.17, 15) is 0 Å². The first-order valence-electron chi connectivity index (χ1n) is 5.77. The summed E-state index contributed by atoms with van der Waals surface area (Å²) in [7, 11) is 0. The maximum Gasteiger partial charge on any atom is 0.107 e. The third-order valence-corrected chi connectivity index (χ3v) is 2.29. The summed E-state index contributed by atoms with van der Waals surface area (Å²) < 4.78 is 0. The van der Waals surface area contributed by atoms with Gasteiger partial charge in [-0.25, -0.2) is 0 Å². The number of para-hydroxylation sites is 1. The third kappa shape index (κ3) is 3.80. The van der Waals surface area contributed by atoms with Gasteiger partial charge in [0.2, 0.25) is 0 Å². The summed E-state index contributed by atoms with van der Waals surface area (Å²) in [6.45, 7) is 1.88. The monoisotopic (exact) mass is 234 g/mol. The van der Waals surface area contributed by atoms with Crippen LogP contribution in [0.2, 0.25) is 0 Å². The molecule has 2 heteroatoms. The molecule has 2 aromatic rings. The summed E-state index contributed by atoms with van der Waals surface area (Å²) in [5.41, 5.74) is 5.67. The minimum absolute atomic E-state index is 0.753. The maximum absolute atomic E-state index is 4.20. The van der Waals surface area contributed by atoms with Gasteiger partial charge < -0.3 is 0 Å². The van der Waals surface area contributed by atoms with Crippen molar-refractivity contribution in [2.45, 2.75) is 6.92 Å². The van der Waals surface area contributed by atoms with Gasteiger partial charge in [0.25, 0.3) is 0 Å². The molecule has 2 rings (SSSR count). The van der Waals surface area contributed by atoms with E-state index in [-0.39, 0.29) is 0 Å². The standard InChI is InChI=1S/C16H14N2/c1-14(12-13-15-8-4-2-5-9-15)17-18-16-10-6-3-7-11-16/h2-11,18H,1H3/b17-14+. The lowest BCUT2D eigenvalue weighted by atomic mass is 10.2. The van der Waals surface area contributed by atoms with Crippen molar-refractivity contribution in [3.8, 4) is 11.8 Å². The molecule has 2 aromatic carbocycles. The van der Waals surface area contributed by atoms with E-state index in [1.165, 1.54) is 0 Å². The van der Waals surface area contributed by atoms with Gasteiger partial charge in [-0.05, 0) is 37.1 Å². The summed E-state index contributed by atoms with van der Waals surface area (Å²) in [5, 5.41) is 4.20. The van der Waals surface area contributed by atoms with Gasteiger partial charge in [0.1, 0.15) is 5.71 Å². The molecule has 0 aliphatic heterocycles. The van der Waals surface area contributed by atoms with E-state index in [1.54, 1.807) is 0 Å². The lowest BCUT2D eigenvalue weighted by Crippen LogP contribution is -1.94. The molecule has 18 heavy (non-hydrogen) atoms. The first-order valence-corrected chi connectivity index (χ1v) is 5.77. The average Bonchev–Trinajstić information content (AvgIpc) is 2.45. The number of rotatable bonds is 2. The Labute approximate surface area is 107 Å². The van der Waals surface area contributed by atoms with Crippen LogP contribution in [-0.4, -0.2) is 5.71 Å². The van der Waals surface area contributed by atoms with Gasteiger partial charge in [-0.1, -0.05) is 42.3 Å². The van der Waals surface area contributed by atoms with Crippen LogP contribution in [-0.2, 0) is 0 Å². The summed E-state index contributed by atoms with van der Waals surface area (Å²) in [5.74, 6) is 6.07. The summed E-state index contributed by atoms with van der Waals surface area (Å²) in [6, 6.07) is 19.7. The van der Waals surface area contributed by atoms with Crippen molar-refractivity contribution in [1.29, 1.82) is 0 Å². The Kier molecular flexibility index (Phi) is 4.16. The zero-order valence-corrected chi connectivity index (χ0v) is 10.2. The van der Waals surface area contributed by atoms with Crippen LogP contribution < -0.4 is 5.43 Å². The van der Waals surface area contributed by atoms with Crippen LogP contribution in [0.15, 0.2) is 65.8 Å². The third-order valence-electron chi connectivity index (χ3n) is 2.29. The molecular formula is C16H14N2. The molecule has 88 valence electrons. The van der Waals surface area contributed by atoms with Crippen LogP contribution in [0, 0.1) is 11.8 Å². The second-order valence-electron chi connectivity index (χ2n) is 3.79. The smallest absolute Gasteiger partial charge is 0.107 e. The molecule has 1 N–H and O–H groups in total. The van der Waals surface area contributed by atoms with Crippen LogP contribution in [0.3, 0.4) is 0 Å². The topological polar surface area (TPSA) is 24.4 Å². The van der Waals surface area contributed by atoms with E-state index < -0.39 is 0 Å². The molecule has 0 amide bonds. The Balaban J connectivity index is 2.00. The van der Waals surface area contributed by atoms with Gasteiger partial charge >= 0.3 is 0 Å². The molecular weight excluding hydrogens is 220 g/mol. The van der Waals surface area contributed by atoms with Gasteiger partial charge in [-0.15, -0.1) is 0 Å². The highest BCUT2D eigenvalue weighted by Gasteiger charge is 1.87. The van der Waals surface area contributed by atoms with E-state index >= 15 is 0 Å². The molecule has 0 heterocycles. The Hall–Kier alpha value is -2.53. The minimum Gasteiger partial charge on any atom is -0.278 e. The Morgan fingerprint density at radius 3 is 2.22 bits per heavy atom. The van der Waals surface area contributed by atoms with Crippen molar-refractivity contribution in [1.82, 2.24) is 0 Å². The Morgan fingerprint density at radius 1 is 0.944 bits per heavy atom. The van der Waals surface area contributed by atoms with E-state index in [4.69, 9.17) is 0 Å². The van der Waals surface area contributed by atoms with Gasteiger partial charge in [-0.2, -0.15) is 5.10 Å². The van der Waals surface area contributed by atoms with Crippen LogP contribution in [0.5, 0.6) is 0 Å². The minimum atomic E-state index is 0.753. The van der Waals surface area contributed by atoms with Crippen molar-refractivity contribution < 1.29 is 0 Å². The fourth-order valence-corrected chi connectivity index (χ4v) is 1.37. The quantitative estimate of drug-likeness (QED) is 0.480. The number of nitrogens with one attached hydrogen (secondary N) is 1. The Bertz CT molecular complexity index is 575. The van der Waals surface area contributed by atoms with Crippen molar-refractivity contribution in [3.05, 3.63) is 66.2 Å². The van der Waals surface area contributed by atoms with Crippen molar-refractivity contribution in [3.63, 3.8) is 0 Å². The first-order chi connectivity index (χ1) is 8.84. The van der Waals surface area contributed by atoms with E-state index in [0.29, 0.717) is 0 Å². The lowest BCUT2D eigenvalue weighted by Gasteiger charge is -1.98. The predicted molar refractivity (Wildman–Crippen MR) is 76.5 cm³/mol. The number of benzene rings is 2. The molecule has 0 aliphatic rings. The average molecular weight is 234 g/mol. The molecule has 0 radical (unpaired) electrons. The van der Waals surface area contributed by atoms with E-state index in [1.807, 2.05) is 67.6 Å². The highest BCUT2D eigenvalue weighted by molar-refractivity contribution is 5.99. The van der Waals surface area contributed by atoms with E-state index in [0.717, 1.165) is 17.0 Å². The second-order valence-corrected chi connectivity index (χ2v) is 3.79. The number of anilines is 1. The van der Waals surface area contributed by atoms with Crippen molar-refractivity contribution in [2.75, 3.05) is 5.43 Å². The molecule has 0 fully saturated rings. The van der Waals surface area contributed by atoms with Crippen LogP contribution >= 0.6 is 0 Å². The number of hydrogen-bond acceptors (Lipinski definition) is 2. The van der Waals surface area contributed by atoms with E-state index in [2.05, 4.69) is 22.4 Å². The highest BCUT2D eigenvalue weighted by Crippen LogP contribution is 2.04. The zero-order chi connectivity index (χ0) is 12.6. The molecule has 0 atom stereocenters.